The minimum atomic E-state index is -0.563. The van der Waals surface area contributed by atoms with E-state index in [4.69, 9.17) is 14.0 Å². The first-order valence-electron chi connectivity index (χ1n) is 11.8. The molecule has 37 heavy (non-hydrogen) atoms. The van der Waals surface area contributed by atoms with Gasteiger partial charge < -0.3 is 14.0 Å². The Kier molecular flexibility index (Phi) is 5.65. The standard InChI is InChI=1S/C27H23BN6O3/c1-18-27(2,3)37-28(36-18)21-16-29-26(30-17-21)20-9-7-8-19(14-20)15-24-32-31-23-12-13-25(33-34(23)24)35-22-10-5-4-6-11-22/h4-14,16-17H,1,15H2,2-3H3. The monoisotopic (exact) mass is 490 g/mol. The topological polar surface area (TPSA) is 96.6 Å². The van der Waals surface area contributed by atoms with Crippen molar-refractivity contribution in [2.24, 2.45) is 0 Å². The summed E-state index contributed by atoms with van der Waals surface area (Å²) in [4.78, 5) is 9.09. The molecule has 0 spiro atoms. The van der Waals surface area contributed by atoms with Crippen LogP contribution in [-0.2, 0) is 15.7 Å². The first kappa shape index (κ1) is 22.9. The van der Waals surface area contributed by atoms with E-state index in [-0.39, 0.29) is 0 Å². The van der Waals surface area contributed by atoms with E-state index < -0.39 is 12.7 Å². The van der Waals surface area contributed by atoms with Crippen LogP contribution in [0.4, 0.5) is 0 Å². The van der Waals surface area contributed by atoms with Crippen molar-refractivity contribution in [2.45, 2.75) is 25.9 Å². The van der Waals surface area contributed by atoms with Crippen molar-refractivity contribution in [1.29, 1.82) is 0 Å². The van der Waals surface area contributed by atoms with Crippen LogP contribution in [-0.4, -0.2) is 42.5 Å². The molecule has 0 saturated carbocycles. The van der Waals surface area contributed by atoms with Gasteiger partial charge in [-0.15, -0.1) is 15.3 Å². The summed E-state index contributed by atoms with van der Waals surface area (Å²) in [5.41, 5.74) is 2.74. The fourth-order valence-electron chi connectivity index (χ4n) is 3.97. The highest BCUT2D eigenvalue weighted by molar-refractivity contribution is 6.62. The molecule has 9 nitrogen and oxygen atoms in total. The van der Waals surface area contributed by atoms with E-state index in [0.29, 0.717) is 41.1 Å². The lowest BCUT2D eigenvalue weighted by molar-refractivity contribution is 0.173. The largest absolute Gasteiger partial charge is 0.566 e. The summed E-state index contributed by atoms with van der Waals surface area (Å²) in [6.07, 6.45) is 3.97. The summed E-state index contributed by atoms with van der Waals surface area (Å²) >= 11 is 0. The maximum Gasteiger partial charge on any atom is 0.566 e. The van der Waals surface area contributed by atoms with E-state index in [1.54, 1.807) is 23.0 Å². The van der Waals surface area contributed by atoms with E-state index in [2.05, 4.69) is 31.8 Å². The molecule has 5 aromatic rings. The van der Waals surface area contributed by atoms with Crippen LogP contribution in [0.15, 0.2) is 91.5 Å². The number of nitrogens with zero attached hydrogens (tertiary/aromatic N) is 6. The van der Waals surface area contributed by atoms with E-state index in [1.807, 2.05) is 74.5 Å². The number of benzene rings is 2. The summed E-state index contributed by atoms with van der Waals surface area (Å²) in [7, 11) is -0.563. The Morgan fingerprint density at radius 3 is 2.54 bits per heavy atom. The van der Waals surface area contributed by atoms with Gasteiger partial charge in [0, 0.05) is 35.9 Å². The summed E-state index contributed by atoms with van der Waals surface area (Å²) in [6, 6.07) is 21.1. The number of fused-ring (bicyclic) bond motifs is 1. The highest BCUT2D eigenvalue weighted by atomic mass is 16.7. The molecular formula is C27H23BN6O3. The van der Waals surface area contributed by atoms with Gasteiger partial charge in [-0.3, -0.25) is 0 Å². The molecule has 0 atom stereocenters. The van der Waals surface area contributed by atoms with Gasteiger partial charge in [0.15, 0.2) is 17.3 Å². The van der Waals surface area contributed by atoms with Crippen LogP contribution in [0.1, 0.15) is 25.2 Å². The van der Waals surface area contributed by atoms with Gasteiger partial charge in [-0.1, -0.05) is 43.0 Å². The highest BCUT2D eigenvalue weighted by Crippen LogP contribution is 2.29. The van der Waals surface area contributed by atoms with Gasteiger partial charge in [0.25, 0.3) is 0 Å². The zero-order valence-electron chi connectivity index (χ0n) is 20.4. The Bertz CT molecular complexity index is 1590. The molecule has 3 aromatic heterocycles. The highest BCUT2D eigenvalue weighted by Gasteiger charge is 2.43. The first-order chi connectivity index (χ1) is 17.9. The van der Waals surface area contributed by atoms with Crippen molar-refractivity contribution in [3.8, 4) is 23.0 Å². The maximum absolute atomic E-state index is 5.92. The van der Waals surface area contributed by atoms with Crippen molar-refractivity contribution in [2.75, 3.05) is 0 Å². The third-order valence-corrected chi connectivity index (χ3v) is 6.08. The normalized spacial score (nSPS) is 14.6. The second-order valence-electron chi connectivity index (χ2n) is 9.19. The first-order valence-corrected chi connectivity index (χ1v) is 11.8. The lowest BCUT2D eigenvalue weighted by Gasteiger charge is -2.15. The van der Waals surface area contributed by atoms with Gasteiger partial charge in [-0.25, -0.2) is 9.97 Å². The molecule has 0 radical (unpaired) electrons. The molecule has 0 amide bonds. The van der Waals surface area contributed by atoms with Gasteiger partial charge >= 0.3 is 7.12 Å². The number of para-hydroxylation sites is 1. The molecule has 1 saturated heterocycles. The maximum atomic E-state index is 5.92. The molecule has 0 aliphatic carbocycles. The smallest absolute Gasteiger partial charge is 0.534 e. The van der Waals surface area contributed by atoms with E-state index in [1.165, 1.54) is 0 Å². The fourth-order valence-corrected chi connectivity index (χ4v) is 3.97. The Morgan fingerprint density at radius 1 is 0.973 bits per heavy atom. The Balaban J connectivity index is 1.21. The van der Waals surface area contributed by atoms with Crippen molar-refractivity contribution in [3.05, 3.63) is 103 Å². The number of aromatic nitrogens is 6. The van der Waals surface area contributed by atoms with Crippen molar-refractivity contribution in [1.82, 2.24) is 29.8 Å². The molecule has 4 heterocycles. The minimum Gasteiger partial charge on any atom is -0.534 e. The van der Waals surface area contributed by atoms with Crippen molar-refractivity contribution >= 4 is 18.2 Å². The van der Waals surface area contributed by atoms with Crippen molar-refractivity contribution in [3.63, 3.8) is 0 Å². The molecule has 0 N–H and O–H groups in total. The van der Waals surface area contributed by atoms with Gasteiger partial charge in [0.2, 0.25) is 5.88 Å². The Hall–Kier alpha value is -4.57. The fraction of sp³-hybridized carbons (Fsp3) is 0.148. The summed E-state index contributed by atoms with van der Waals surface area (Å²) in [5.74, 6) is 3.06. The molecule has 6 rings (SSSR count). The Morgan fingerprint density at radius 2 is 1.78 bits per heavy atom. The van der Waals surface area contributed by atoms with Crippen LogP contribution in [0.25, 0.3) is 17.0 Å². The molecule has 1 aliphatic rings. The van der Waals surface area contributed by atoms with Crippen LogP contribution in [0.3, 0.4) is 0 Å². The molecule has 182 valence electrons. The average Bonchev–Trinajstić information content (AvgIpc) is 3.43. The molecular weight excluding hydrogens is 467 g/mol. The zero-order valence-corrected chi connectivity index (χ0v) is 20.4. The predicted molar refractivity (Wildman–Crippen MR) is 138 cm³/mol. The second kappa shape index (κ2) is 9.14. The number of ether oxygens (including phenoxy) is 1. The van der Waals surface area contributed by atoms with Crippen LogP contribution in [0, 0.1) is 0 Å². The molecule has 1 aliphatic heterocycles. The molecule has 0 bridgehead atoms. The van der Waals surface area contributed by atoms with E-state index in [0.717, 1.165) is 16.6 Å². The van der Waals surface area contributed by atoms with Crippen LogP contribution < -0.4 is 10.2 Å². The van der Waals surface area contributed by atoms with Crippen LogP contribution in [0.5, 0.6) is 11.6 Å². The number of hydrogen-bond acceptors (Lipinski definition) is 8. The molecule has 1 fully saturated rings. The van der Waals surface area contributed by atoms with Gasteiger partial charge in [0.1, 0.15) is 11.4 Å². The van der Waals surface area contributed by atoms with Crippen LogP contribution >= 0.6 is 0 Å². The molecule has 2 aromatic carbocycles. The van der Waals surface area contributed by atoms with Gasteiger partial charge in [-0.05, 0) is 43.7 Å². The number of rotatable bonds is 6. The lowest BCUT2D eigenvalue weighted by Crippen LogP contribution is -2.35. The quantitative estimate of drug-likeness (QED) is 0.330. The number of hydrogen-bond donors (Lipinski definition) is 0. The second-order valence-corrected chi connectivity index (χ2v) is 9.19. The van der Waals surface area contributed by atoms with Gasteiger partial charge in [0.05, 0.1) is 5.76 Å². The van der Waals surface area contributed by atoms with Crippen molar-refractivity contribution < 1.29 is 14.0 Å². The SMILES string of the molecule is C=C1OB(c2cnc(-c3cccc(Cc4nnc5ccc(Oc6ccccc6)nn45)c3)nc2)OC1(C)C. The minimum absolute atomic E-state index is 0.462. The average molecular weight is 490 g/mol. The zero-order chi connectivity index (χ0) is 25.4. The Labute approximate surface area is 213 Å². The molecule has 0 unspecified atom stereocenters. The third-order valence-electron chi connectivity index (χ3n) is 6.08. The van der Waals surface area contributed by atoms with E-state index in [9.17, 15) is 0 Å². The third kappa shape index (κ3) is 4.66. The summed E-state index contributed by atoms with van der Waals surface area (Å²) < 4.78 is 19.2. The van der Waals surface area contributed by atoms with Crippen LogP contribution in [0.2, 0.25) is 0 Å². The van der Waals surface area contributed by atoms with E-state index >= 15 is 0 Å². The van der Waals surface area contributed by atoms with Gasteiger partial charge in [-0.2, -0.15) is 4.52 Å². The lowest BCUT2D eigenvalue weighted by atomic mass is 9.81. The predicted octanol–water partition coefficient (Wildman–Crippen LogP) is 4.00. The summed E-state index contributed by atoms with van der Waals surface area (Å²) in [6.45, 7) is 7.76. The molecule has 10 heteroatoms. The summed E-state index contributed by atoms with van der Waals surface area (Å²) in [5, 5.41) is 13.2.